The Kier molecular flexibility index (Phi) is 133. The maximum atomic E-state index is 5.25. The van der Waals surface area contributed by atoms with E-state index in [1.54, 1.807) is 0 Å². The van der Waals surface area contributed by atoms with Crippen molar-refractivity contribution in [1.82, 2.24) is 0 Å². The second-order valence-electron chi connectivity index (χ2n) is 0.510. The molecule has 0 saturated carbocycles. The topological polar surface area (TPSA) is 135 Å². The van der Waals surface area contributed by atoms with Crippen LogP contribution in [-0.2, 0) is 3.07 Å². The molecule has 0 aliphatic rings. The molecule has 5 nitrogen and oxygen atoms in total. The summed E-state index contributed by atoms with van der Waals surface area (Å²) in [5.41, 5.74) is 0. The Labute approximate surface area is 68.1 Å². The molecule has 0 aromatic carbocycles. The molecule has 0 unspecified atom stereocenters. The van der Waals surface area contributed by atoms with E-state index in [0.29, 0.717) is 0 Å². The molecule has 0 bridgehead atoms. The molecule has 8 N–H and O–H groups in total. The molecule has 9 heavy (non-hydrogen) atoms. The summed E-state index contributed by atoms with van der Waals surface area (Å²) in [7, 11) is 5.25. The van der Waals surface area contributed by atoms with Gasteiger partial charge in [0, 0.05) is 0 Å². The van der Waals surface area contributed by atoms with Gasteiger partial charge in [0.1, 0.15) is 0 Å². The second kappa shape index (κ2) is 36.6. The zero-order chi connectivity index (χ0) is 4.12. The predicted molar refractivity (Wildman–Crippen MR) is 37.7 cm³/mol. The van der Waals surface area contributed by atoms with Crippen LogP contribution in [0, 0.1) is 0 Å². The molecule has 0 spiro atoms. The van der Waals surface area contributed by atoms with Crippen LogP contribution in [-0.4, -0.2) is 48.9 Å². The molecule has 7 heteroatoms. The van der Waals surface area contributed by atoms with Gasteiger partial charge in [0.25, 0.3) is 0 Å². The molecule has 2 radical (unpaired) electrons. The first kappa shape index (κ1) is 32.7. The molecule has 62 valence electrons. The van der Waals surface area contributed by atoms with Gasteiger partial charge in [-0.3, -0.25) is 0 Å². The van der Waals surface area contributed by atoms with Crippen LogP contribution in [0.25, 0.3) is 0 Å². The molecule has 0 amide bonds. The third-order valence-corrected chi connectivity index (χ3v) is 2.07. The van der Waals surface area contributed by atoms with Gasteiger partial charge in [-0.05, 0) is 0 Å². The Morgan fingerprint density at radius 1 is 1.22 bits per heavy atom. The van der Waals surface area contributed by atoms with Crippen molar-refractivity contribution >= 4 is 29.4 Å². The molecule has 0 atom stereocenters. The Morgan fingerprint density at radius 3 is 1.56 bits per heavy atom. The Bertz CT molecular complexity index is 22.4. The van der Waals surface area contributed by atoms with Gasteiger partial charge in [-0.15, -0.1) is 0 Å². The minimum absolute atomic E-state index is 0. The molecule has 0 aromatic heterocycles. The van der Waals surface area contributed by atoms with E-state index in [-0.39, 0.29) is 21.9 Å². The van der Waals surface area contributed by atoms with Crippen LogP contribution in [0.5, 0.6) is 0 Å². The fraction of sp³-hybridized carbons (Fsp3) is 1.00. The largest absolute Gasteiger partial charge is 0.412 e. The Balaban J connectivity index is -0.0000000133. The van der Waals surface area contributed by atoms with E-state index in [2.05, 4.69) is 0 Å². The molecule has 0 heterocycles. The van der Waals surface area contributed by atoms with Gasteiger partial charge in [-0.25, -0.2) is 0 Å². The van der Waals surface area contributed by atoms with E-state index in [4.69, 9.17) is 12.0 Å². The number of hydrogen-bond acceptors (Lipinski definition) is 1. The first-order chi connectivity index (χ1) is 2.41. The van der Waals surface area contributed by atoms with Gasteiger partial charge in [0.2, 0.25) is 0 Å². The molecule has 0 fully saturated rings. The average molecular weight is 271 g/mol. The molecular formula is C2H13ClO5Sn. The van der Waals surface area contributed by atoms with Crippen LogP contribution in [0.3, 0.4) is 0 Å². The Hall–Kier alpha value is 0.889. The van der Waals surface area contributed by atoms with Crippen molar-refractivity contribution in [2.75, 3.05) is 6.61 Å². The maximum absolute atomic E-state index is 5.25. The van der Waals surface area contributed by atoms with Gasteiger partial charge in [-0.1, -0.05) is 0 Å². The average Bonchev–Trinajstić information content (AvgIpc) is 1.41. The quantitative estimate of drug-likeness (QED) is 0.504. The fourth-order valence-corrected chi connectivity index (χ4v) is 1.10. The molecule has 0 rings (SSSR count). The van der Waals surface area contributed by atoms with Crippen molar-refractivity contribution in [3.05, 3.63) is 0 Å². The van der Waals surface area contributed by atoms with Crippen molar-refractivity contribution < 1.29 is 25.0 Å². The van der Waals surface area contributed by atoms with Crippen LogP contribution in [0.2, 0.25) is 0 Å². The minimum Gasteiger partial charge on any atom is -0.412 e. The van der Waals surface area contributed by atoms with Crippen LogP contribution in [0.15, 0.2) is 0 Å². The first-order valence-electron chi connectivity index (χ1n) is 1.39. The van der Waals surface area contributed by atoms with Gasteiger partial charge in [0.05, 0.1) is 0 Å². The molecular weight excluding hydrogens is 258 g/mol. The van der Waals surface area contributed by atoms with Crippen LogP contribution < -0.4 is 0 Å². The van der Waals surface area contributed by atoms with Gasteiger partial charge in [0.15, 0.2) is 0 Å². The molecule has 0 aliphatic carbocycles. The smallest absolute Gasteiger partial charge is 0.412 e. The number of hydrogen-bond donors (Lipinski definition) is 0. The van der Waals surface area contributed by atoms with Crippen LogP contribution >= 0.6 is 8.92 Å². The fourth-order valence-electron chi connectivity index (χ4n) is 0.0546. The van der Waals surface area contributed by atoms with E-state index >= 15 is 0 Å². The standard InChI is InChI=1S/C2H5O.ClH.4H2O.Sn/c1-2-3;;;;;;/h2H2,1H3;1H;4*1H2;/q-1;;;;;;+2/p-1. The van der Waals surface area contributed by atoms with E-state index < -0.39 is 20.4 Å². The monoisotopic (exact) mass is 272 g/mol. The van der Waals surface area contributed by atoms with Crippen molar-refractivity contribution in [1.29, 1.82) is 0 Å². The molecule has 0 aliphatic heterocycles. The Morgan fingerprint density at radius 2 is 1.56 bits per heavy atom. The van der Waals surface area contributed by atoms with E-state index in [1.165, 1.54) is 0 Å². The van der Waals surface area contributed by atoms with E-state index in [9.17, 15) is 0 Å². The van der Waals surface area contributed by atoms with Crippen LogP contribution in [0.1, 0.15) is 6.92 Å². The summed E-state index contributed by atoms with van der Waals surface area (Å²) in [4.78, 5) is 0. The summed E-state index contributed by atoms with van der Waals surface area (Å²) >= 11 is -0.822. The van der Waals surface area contributed by atoms with E-state index in [1.807, 2.05) is 6.92 Å². The minimum atomic E-state index is -0.822. The van der Waals surface area contributed by atoms with Gasteiger partial charge in [-0.2, -0.15) is 0 Å². The molecule has 0 saturated heterocycles. The summed E-state index contributed by atoms with van der Waals surface area (Å²) in [6.45, 7) is 2.74. The van der Waals surface area contributed by atoms with Crippen molar-refractivity contribution in [2.45, 2.75) is 6.92 Å². The third-order valence-electron chi connectivity index (χ3n) is 0.199. The van der Waals surface area contributed by atoms with Crippen molar-refractivity contribution in [3.8, 4) is 0 Å². The summed E-state index contributed by atoms with van der Waals surface area (Å²) in [6.07, 6.45) is 0. The summed E-state index contributed by atoms with van der Waals surface area (Å²) < 4.78 is 4.77. The number of rotatable bonds is 2. The normalized spacial score (nSPS) is 4.67. The number of halogens is 1. The summed E-state index contributed by atoms with van der Waals surface area (Å²) in [5.74, 6) is 0. The zero-order valence-electron chi connectivity index (χ0n) is 4.99. The first-order valence-corrected chi connectivity index (χ1v) is 6.17. The van der Waals surface area contributed by atoms with Crippen molar-refractivity contribution in [3.63, 3.8) is 0 Å². The van der Waals surface area contributed by atoms with Crippen molar-refractivity contribution in [2.24, 2.45) is 0 Å². The zero-order valence-corrected chi connectivity index (χ0v) is 8.60. The molecule has 0 aromatic rings. The summed E-state index contributed by atoms with van der Waals surface area (Å²) in [5, 5.41) is 0. The third kappa shape index (κ3) is 50.5. The SMILES string of the molecule is CC[O][Sn][Cl].O.O.O.O. The van der Waals surface area contributed by atoms with Crippen LogP contribution in [0.4, 0.5) is 0 Å². The van der Waals surface area contributed by atoms with E-state index in [0.717, 1.165) is 6.61 Å². The maximum Gasteiger partial charge on any atom is -0.412 e. The summed E-state index contributed by atoms with van der Waals surface area (Å²) in [6, 6.07) is 0. The van der Waals surface area contributed by atoms with Gasteiger partial charge < -0.3 is 21.9 Å². The second-order valence-corrected chi connectivity index (χ2v) is 2.81. The van der Waals surface area contributed by atoms with Gasteiger partial charge >= 0.3 is 46.0 Å². The predicted octanol–water partition coefficient (Wildman–Crippen LogP) is -2.50.